The molecule has 106 valence electrons. The minimum absolute atomic E-state index is 0.0514. The zero-order chi connectivity index (χ0) is 14.8. The summed E-state index contributed by atoms with van der Waals surface area (Å²) < 4.78 is 64.5. The van der Waals surface area contributed by atoms with Crippen molar-refractivity contribution in [3.05, 3.63) is 54.2 Å². The molecule has 20 heavy (non-hydrogen) atoms. The largest absolute Gasteiger partial charge is 0.417 e. The number of nitrogens with zero attached hydrogens (tertiary/aromatic N) is 1. The first-order valence-electron chi connectivity index (χ1n) is 5.41. The normalized spacial score (nSPS) is 12.2. The van der Waals surface area contributed by atoms with E-state index in [0.29, 0.717) is 6.07 Å². The summed E-state index contributed by atoms with van der Waals surface area (Å²) in [6.07, 6.45) is -3.43. The van der Waals surface area contributed by atoms with E-state index in [9.17, 15) is 21.6 Å². The lowest BCUT2D eigenvalue weighted by Crippen LogP contribution is -2.19. The number of anilines is 1. The van der Waals surface area contributed by atoms with E-state index < -0.39 is 26.7 Å². The van der Waals surface area contributed by atoms with E-state index in [2.05, 4.69) is 4.98 Å². The summed E-state index contributed by atoms with van der Waals surface area (Å²) in [7, 11) is -4.36. The lowest BCUT2D eigenvalue weighted by molar-refractivity contribution is -0.139. The van der Waals surface area contributed by atoms with Crippen LogP contribution in [0, 0.1) is 0 Å². The van der Waals surface area contributed by atoms with Crippen LogP contribution < -0.4 is 4.72 Å². The minimum atomic E-state index is -4.75. The highest BCUT2D eigenvalue weighted by Crippen LogP contribution is 2.34. The van der Waals surface area contributed by atoms with Crippen molar-refractivity contribution in [3.8, 4) is 0 Å². The van der Waals surface area contributed by atoms with Gasteiger partial charge in [0.2, 0.25) is 0 Å². The Balaban J connectivity index is 2.46. The topological polar surface area (TPSA) is 59.1 Å². The van der Waals surface area contributed by atoms with Crippen LogP contribution in [0.15, 0.2) is 53.6 Å². The molecular weight excluding hydrogens is 293 g/mol. The van der Waals surface area contributed by atoms with Crippen LogP contribution >= 0.6 is 0 Å². The van der Waals surface area contributed by atoms with Crippen LogP contribution in [0.1, 0.15) is 5.56 Å². The number of nitrogens with one attached hydrogen (secondary N) is 1. The van der Waals surface area contributed by atoms with E-state index in [1.165, 1.54) is 24.4 Å². The number of hydrogen-bond donors (Lipinski definition) is 1. The highest BCUT2D eigenvalue weighted by atomic mass is 32.2. The third-order valence-electron chi connectivity index (χ3n) is 2.39. The van der Waals surface area contributed by atoms with Gasteiger partial charge in [-0.05, 0) is 24.3 Å². The number of benzene rings is 1. The summed E-state index contributed by atoms with van der Waals surface area (Å²) in [4.78, 5) is 2.87. The van der Waals surface area contributed by atoms with E-state index in [1.807, 2.05) is 4.72 Å². The van der Waals surface area contributed by atoms with Crippen LogP contribution in [0.2, 0.25) is 0 Å². The third-order valence-corrected chi connectivity index (χ3v) is 3.80. The lowest BCUT2D eigenvalue weighted by Gasteiger charge is -2.13. The highest BCUT2D eigenvalue weighted by molar-refractivity contribution is 7.92. The SMILES string of the molecule is O=S(=O)(Nc1ccccn1)c1ccccc1C(F)(F)F. The molecule has 1 N–H and O–H groups in total. The molecule has 2 rings (SSSR count). The molecule has 8 heteroatoms. The van der Waals surface area contributed by atoms with Gasteiger partial charge < -0.3 is 0 Å². The standard InChI is InChI=1S/C12H9F3N2O2S/c13-12(14,15)9-5-1-2-6-10(9)20(18,19)17-11-7-3-4-8-16-11/h1-8H,(H,16,17). The van der Waals surface area contributed by atoms with Crippen molar-refractivity contribution in [1.29, 1.82) is 0 Å². The van der Waals surface area contributed by atoms with Crippen molar-refractivity contribution in [2.45, 2.75) is 11.1 Å². The molecule has 0 atom stereocenters. The zero-order valence-electron chi connectivity index (χ0n) is 9.92. The van der Waals surface area contributed by atoms with Gasteiger partial charge in [-0.2, -0.15) is 13.2 Å². The van der Waals surface area contributed by atoms with Crippen molar-refractivity contribution in [1.82, 2.24) is 4.98 Å². The number of alkyl halides is 3. The van der Waals surface area contributed by atoms with E-state index in [-0.39, 0.29) is 5.82 Å². The van der Waals surface area contributed by atoms with Gasteiger partial charge in [-0.15, -0.1) is 0 Å². The van der Waals surface area contributed by atoms with Crippen LogP contribution in [0.3, 0.4) is 0 Å². The number of hydrogen-bond acceptors (Lipinski definition) is 3. The van der Waals surface area contributed by atoms with Gasteiger partial charge in [0.25, 0.3) is 10.0 Å². The number of aromatic nitrogens is 1. The average molecular weight is 302 g/mol. The molecular formula is C12H9F3N2O2S. The summed E-state index contributed by atoms with van der Waals surface area (Å²) in [6.45, 7) is 0. The van der Waals surface area contributed by atoms with Crippen LogP contribution in [0.4, 0.5) is 19.0 Å². The van der Waals surface area contributed by atoms with Crippen molar-refractivity contribution in [2.75, 3.05) is 4.72 Å². The predicted molar refractivity (Wildman–Crippen MR) is 66.5 cm³/mol. The van der Waals surface area contributed by atoms with Crippen molar-refractivity contribution < 1.29 is 21.6 Å². The smallest absolute Gasteiger partial charge is 0.263 e. The van der Waals surface area contributed by atoms with Gasteiger partial charge in [-0.3, -0.25) is 4.72 Å². The van der Waals surface area contributed by atoms with Crippen LogP contribution in [-0.2, 0) is 16.2 Å². The van der Waals surface area contributed by atoms with E-state index >= 15 is 0 Å². The number of sulfonamides is 1. The molecule has 0 saturated heterocycles. The molecule has 0 unspecified atom stereocenters. The Bertz CT molecular complexity index is 700. The van der Waals surface area contributed by atoms with Gasteiger partial charge in [0, 0.05) is 6.20 Å². The third kappa shape index (κ3) is 3.08. The van der Waals surface area contributed by atoms with Crippen molar-refractivity contribution in [2.24, 2.45) is 0 Å². The predicted octanol–water partition coefficient (Wildman–Crippen LogP) is 2.90. The first-order chi connectivity index (χ1) is 9.31. The van der Waals surface area contributed by atoms with Crippen molar-refractivity contribution in [3.63, 3.8) is 0 Å². The molecule has 0 spiro atoms. The molecule has 0 fully saturated rings. The molecule has 0 aliphatic carbocycles. The summed E-state index contributed by atoms with van der Waals surface area (Å²) in [5.74, 6) is -0.0514. The first-order valence-corrected chi connectivity index (χ1v) is 6.89. The molecule has 0 aliphatic heterocycles. The second-order valence-corrected chi connectivity index (χ2v) is 5.47. The van der Waals surface area contributed by atoms with Gasteiger partial charge in [0.05, 0.1) is 10.5 Å². The highest BCUT2D eigenvalue weighted by Gasteiger charge is 2.36. The van der Waals surface area contributed by atoms with E-state index in [1.54, 1.807) is 6.07 Å². The van der Waals surface area contributed by atoms with Gasteiger partial charge in [-0.1, -0.05) is 18.2 Å². The Labute approximate surface area is 113 Å². The molecule has 1 aromatic carbocycles. The Morgan fingerprint density at radius 2 is 1.65 bits per heavy atom. The molecule has 0 bridgehead atoms. The molecule has 0 radical (unpaired) electrons. The fraction of sp³-hybridized carbons (Fsp3) is 0.0833. The van der Waals surface area contributed by atoms with E-state index in [0.717, 1.165) is 12.1 Å². The summed E-state index contributed by atoms with van der Waals surface area (Å²) in [5, 5.41) is 0. The quantitative estimate of drug-likeness (QED) is 0.948. The lowest BCUT2D eigenvalue weighted by atomic mass is 10.2. The summed E-state index contributed by atoms with van der Waals surface area (Å²) >= 11 is 0. The molecule has 2 aromatic rings. The second-order valence-electron chi connectivity index (χ2n) is 3.81. The molecule has 4 nitrogen and oxygen atoms in total. The maximum Gasteiger partial charge on any atom is 0.417 e. The Morgan fingerprint density at radius 1 is 1.00 bits per heavy atom. The molecule has 1 aromatic heterocycles. The van der Waals surface area contributed by atoms with Gasteiger partial charge in [-0.25, -0.2) is 13.4 Å². The fourth-order valence-electron chi connectivity index (χ4n) is 1.55. The van der Waals surface area contributed by atoms with E-state index in [4.69, 9.17) is 0 Å². The van der Waals surface area contributed by atoms with Crippen LogP contribution in [0.25, 0.3) is 0 Å². The summed E-state index contributed by atoms with van der Waals surface area (Å²) in [6, 6.07) is 8.38. The molecule has 0 saturated carbocycles. The maximum atomic E-state index is 12.8. The van der Waals surface area contributed by atoms with Crippen LogP contribution in [0.5, 0.6) is 0 Å². The molecule has 0 amide bonds. The molecule has 0 aliphatic rings. The van der Waals surface area contributed by atoms with Gasteiger partial charge in [0.15, 0.2) is 0 Å². The Kier molecular flexibility index (Phi) is 3.67. The molecule has 1 heterocycles. The van der Waals surface area contributed by atoms with Crippen molar-refractivity contribution >= 4 is 15.8 Å². The number of pyridine rings is 1. The Hall–Kier alpha value is -2.09. The monoisotopic (exact) mass is 302 g/mol. The summed E-state index contributed by atoms with van der Waals surface area (Å²) in [5.41, 5.74) is -1.22. The zero-order valence-corrected chi connectivity index (χ0v) is 10.7. The fourth-order valence-corrected chi connectivity index (χ4v) is 2.79. The Morgan fingerprint density at radius 3 is 2.25 bits per heavy atom. The minimum Gasteiger partial charge on any atom is -0.263 e. The second kappa shape index (κ2) is 5.12. The first kappa shape index (κ1) is 14.3. The number of halogens is 3. The number of rotatable bonds is 3. The maximum absolute atomic E-state index is 12.8. The van der Waals surface area contributed by atoms with Gasteiger partial charge in [0.1, 0.15) is 5.82 Å². The van der Waals surface area contributed by atoms with Gasteiger partial charge >= 0.3 is 6.18 Å². The average Bonchev–Trinajstić information content (AvgIpc) is 2.38. The van der Waals surface area contributed by atoms with Crippen LogP contribution in [-0.4, -0.2) is 13.4 Å².